The van der Waals surface area contributed by atoms with Gasteiger partial charge in [0.05, 0.1) is 6.54 Å². The molecule has 0 aromatic carbocycles. The molecular formula is C12H21N3S. The van der Waals surface area contributed by atoms with Gasteiger partial charge in [0.15, 0.2) is 0 Å². The average molecular weight is 239 g/mol. The lowest BCUT2D eigenvalue weighted by Gasteiger charge is -2.18. The topological polar surface area (TPSA) is 29.0 Å². The van der Waals surface area contributed by atoms with Crippen LogP contribution in [-0.2, 0) is 6.54 Å². The van der Waals surface area contributed by atoms with E-state index >= 15 is 0 Å². The first-order chi connectivity index (χ1) is 7.78. The standard InChI is InChI=1S/C12H21N3S/c1-3-11-5-4-7-15(8-6-11)9-12-14-13-10(2)16-12/h11H,3-9H2,1-2H3. The van der Waals surface area contributed by atoms with Crippen LogP contribution < -0.4 is 0 Å². The van der Waals surface area contributed by atoms with Gasteiger partial charge < -0.3 is 0 Å². The molecule has 1 aliphatic heterocycles. The molecule has 0 bridgehead atoms. The molecule has 4 heteroatoms. The molecule has 2 heterocycles. The molecule has 1 fully saturated rings. The van der Waals surface area contributed by atoms with Gasteiger partial charge in [0.25, 0.3) is 0 Å². The quantitative estimate of drug-likeness (QED) is 0.812. The normalized spacial score (nSPS) is 23.2. The molecule has 1 saturated heterocycles. The number of aryl methyl sites for hydroxylation is 1. The molecule has 16 heavy (non-hydrogen) atoms. The van der Waals surface area contributed by atoms with Crippen LogP contribution in [0.3, 0.4) is 0 Å². The van der Waals surface area contributed by atoms with E-state index in [1.54, 1.807) is 11.3 Å². The molecular weight excluding hydrogens is 218 g/mol. The van der Waals surface area contributed by atoms with Gasteiger partial charge in [0, 0.05) is 0 Å². The highest BCUT2D eigenvalue weighted by atomic mass is 32.1. The van der Waals surface area contributed by atoms with E-state index in [0.29, 0.717) is 0 Å². The molecule has 0 amide bonds. The highest BCUT2D eigenvalue weighted by Gasteiger charge is 2.16. The second-order valence-electron chi connectivity index (χ2n) is 4.70. The predicted octanol–water partition coefficient (Wildman–Crippen LogP) is 2.86. The Bertz CT molecular complexity index is 324. The molecule has 0 N–H and O–H groups in total. The molecule has 90 valence electrons. The van der Waals surface area contributed by atoms with Crippen LogP contribution in [0.15, 0.2) is 0 Å². The Balaban J connectivity index is 1.86. The summed E-state index contributed by atoms with van der Waals surface area (Å²) in [4.78, 5) is 2.54. The van der Waals surface area contributed by atoms with Gasteiger partial charge in [-0.15, -0.1) is 21.5 Å². The van der Waals surface area contributed by atoms with E-state index in [2.05, 4.69) is 22.0 Å². The monoisotopic (exact) mass is 239 g/mol. The number of nitrogens with zero attached hydrogens (tertiary/aromatic N) is 3. The van der Waals surface area contributed by atoms with Crippen molar-refractivity contribution in [3.05, 3.63) is 10.0 Å². The summed E-state index contributed by atoms with van der Waals surface area (Å²) in [5, 5.41) is 10.5. The molecule has 1 aromatic heterocycles. The minimum Gasteiger partial charge on any atom is -0.297 e. The van der Waals surface area contributed by atoms with Crippen molar-refractivity contribution in [3.63, 3.8) is 0 Å². The lowest BCUT2D eigenvalue weighted by atomic mass is 9.98. The van der Waals surface area contributed by atoms with E-state index in [4.69, 9.17) is 0 Å². The molecule has 1 unspecified atom stereocenters. The summed E-state index contributed by atoms with van der Waals surface area (Å²) in [6.07, 6.45) is 5.44. The zero-order valence-corrected chi connectivity index (χ0v) is 11.1. The maximum atomic E-state index is 4.21. The van der Waals surface area contributed by atoms with E-state index in [-0.39, 0.29) is 0 Å². The summed E-state index contributed by atoms with van der Waals surface area (Å²) in [5.41, 5.74) is 0. The molecule has 1 aliphatic rings. The maximum Gasteiger partial charge on any atom is 0.131 e. The first-order valence-corrected chi connectivity index (χ1v) is 7.11. The van der Waals surface area contributed by atoms with Crippen molar-refractivity contribution in [2.45, 2.75) is 46.1 Å². The molecule has 2 rings (SSSR count). The van der Waals surface area contributed by atoms with Gasteiger partial charge in [0.1, 0.15) is 10.0 Å². The molecule has 0 spiro atoms. The van der Waals surface area contributed by atoms with Crippen LogP contribution in [0.4, 0.5) is 0 Å². The zero-order chi connectivity index (χ0) is 11.4. The summed E-state index contributed by atoms with van der Waals surface area (Å²) in [6, 6.07) is 0. The fourth-order valence-electron chi connectivity index (χ4n) is 2.38. The van der Waals surface area contributed by atoms with Crippen molar-refractivity contribution in [3.8, 4) is 0 Å². The molecule has 1 aromatic rings. The Labute approximate surface area is 102 Å². The first kappa shape index (κ1) is 12.0. The Morgan fingerprint density at radius 2 is 2.19 bits per heavy atom. The van der Waals surface area contributed by atoms with E-state index in [1.165, 1.54) is 43.8 Å². The highest BCUT2D eigenvalue weighted by Crippen LogP contribution is 2.21. The van der Waals surface area contributed by atoms with Gasteiger partial charge in [0.2, 0.25) is 0 Å². The lowest BCUT2D eigenvalue weighted by molar-refractivity contribution is 0.271. The van der Waals surface area contributed by atoms with Crippen molar-refractivity contribution in [2.24, 2.45) is 5.92 Å². The number of rotatable bonds is 3. The second kappa shape index (κ2) is 5.73. The third-order valence-electron chi connectivity index (χ3n) is 3.44. The Kier molecular flexibility index (Phi) is 4.29. The van der Waals surface area contributed by atoms with E-state index in [1.807, 2.05) is 6.92 Å². The summed E-state index contributed by atoms with van der Waals surface area (Å²) in [7, 11) is 0. The van der Waals surface area contributed by atoms with Crippen LogP contribution in [0.5, 0.6) is 0 Å². The molecule has 3 nitrogen and oxygen atoms in total. The van der Waals surface area contributed by atoms with Crippen LogP contribution in [0.25, 0.3) is 0 Å². The fraction of sp³-hybridized carbons (Fsp3) is 0.833. The number of aromatic nitrogens is 2. The summed E-state index contributed by atoms with van der Waals surface area (Å²) < 4.78 is 0. The smallest absolute Gasteiger partial charge is 0.131 e. The van der Waals surface area contributed by atoms with Gasteiger partial charge in [-0.3, -0.25) is 4.90 Å². The minimum absolute atomic E-state index is 0.946. The van der Waals surface area contributed by atoms with Crippen molar-refractivity contribution >= 4 is 11.3 Å². The molecule has 0 aliphatic carbocycles. The van der Waals surface area contributed by atoms with Gasteiger partial charge in [-0.2, -0.15) is 0 Å². The molecule has 0 saturated carbocycles. The van der Waals surface area contributed by atoms with E-state index in [0.717, 1.165) is 17.5 Å². The fourth-order valence-corrected chi connectivity index (χ4v) is 3.14. The van der Waals surface area contributed by atoms with Crippen molar-refractivity contribution in [1.82, 2.24) is 15.1 Å². The number of hydrogen-bond acceptors (Lipinski definition) is 4. The van der Waals surface area contributed by atoms with Crippen LogP contribution in [0.2, 0.25) is 0 Å². The molecule has 1 atom stereocenters. The third-order valence-corrected chi connectivity index (χ3v) is 4.27. The largest absolute Gasteiger partial charge is 0.297 e. The first-order valence-electron chi connectivity index (χ1n) is 6.29. The van der Waals surface area contributed by atoms with Crippen molar-refractivity contribution in [2.75, 3.05) is 13.1 Å². The summed E-state index contributed by atoms with van der Waals surface area (Å²) >= 11 is 1.73. The lowest BCUT2D eigenvalue weighted by Crippen LogP contribution is -2.24. The Morgan fingerprint density at radius 1 is 1.31 bits per heavy atom. The minimum atomic E-state index is 0.946. The summed E-state index contributed by atoms with van der Waals surface area (Å²) in [5.74, 6) is 0.946. The number of hydrogen-bond donors (Lipinski definition) is 0. The maximum absolute atomic E-state index is 4.21. The van der Waals surface area contributed by atoms with Crippen molar-refractivity contribution < 1.29 is 0 Å². The average Bonchev–Trinajstić information content (AvgIpc) is 2.55. The van der Waals surface area contributed by atoms with Gasteiger partial charge >= 0.3 is 0 Å². The van der Waals surface area contributed by atoms with Crippen LogP contribution in [0.1, 0.15) is 42.6 Å². The zero-order valence-electron chi connectivity index (χ0n) is 10.3. The summed E-state index contributed by atoms with van der Waals surface area (Å²) in [6.45, 7) is 7.80. The van der Waals surface area contributed by atoms with Crippen molar-refractivity contribution in [1.29, 1.82) is 0 Å². The van der Waals surface area contributed by atoms with E-state index in [9.17, 15) is 0 Å². The number of likely N-dealkylation sites (tertiary alicyclic amines) is 1. The molecule has 0 radical (unpaired) electrons. The van der Waals surface area contributed by atoms with Gasteiger partial charge in [-0.25, -0.2) is 0 Å². The Hall–Kier alpha value is -0.480. The van der Waals surface area contributed by atoms with Crippen LogP contribution in [0, 0.1) is 12.8 Å². The van der Waals surface area contributed by atoms with Crippen LogP contribution in [-0.4, -0.2) is 28.2 Å². The van der Waals surface area contributed by atoms with E-state index < -0.39 is 0 Å². The van der Waals surface area contributed by atoms with Gasteiger partial charge in [-0.1, -0.05) is 13.3 Å². The highest BCUT2D eigenvalue weighted by molar-refractivity contribution is 7.11. The Morgan fingerprint density at radius 3 is 2.88 bits per heavy atom. The SMILES string of the molecule is CCC1CCCN(Cc2nnc(C)s2)CC1. The predicted molar refractivity (Wildman–Crippen MR) is 67.6 cm³/mol. The second-order valence-corrected chi connectivity index (χ2v) is 5.96. The van der Waals surface area contributed by atoms with Crippen LogP contribution >= 0.6 is 11.3 Å². The van der Waals surface area contributed by atoms with Gasteiger partial charge in [-0.05, 0) is 45.2 Å². The third kappa shape index (κ3) is 3.25.